The summed E-state index contributed by atoms with van der Waals surface area (Å²) >= 11 is 0. The van der Waals surface area contributed by atoms with Crippen molar-refractivity contribution in [1.82, 2.24) is 0 Å². The first-order valence-electron chi connectivity index (χ1n) is 30.4. The van der Waals surface area contributed by atoms with Crippen molar-refractivity contribution in [3.63, 3.8) is 0 Å². The number of para-hydroxylation sites is 1. The van der Waals surface area contributed by atoms with Gasteiger partial charge in [-0.2, -0.15) is 0 Å². The highest BCUT2D eigenvalue weighted by Gasteiger charge is 2.29. The third kappa shape index (κ3) is 7.06. The molecule has 17 aromatic rings. The summed E-state index contributed by atoms with van der Waals surface area (Å²) in [6, 6.07) is 112. The van der Waals surface area contributed by atoms with E-state index in [1.165, 1.54) is 137 Å². The largest absolute Gasteiger partial charge is 0.456 e. The number of ether oxygens (including phenoxy) is 2. The molecule has 406 valence electrons. The predicted octanol–water partition coefficient (Wildman–Crippen LogP) is 24.5. The maximum atomic E-state index is 7.10. The van der Waals surface area contributed by atoms with Crippen molar-refractivity contribution >= 4 is 86.2 Å². The molecule has 0 aliphatic carbocycles. The molecular formula is C86H50O2. The summed E-state index contributed by atoms with van der Waals surface area (Å²) in [5.74, 6) is 3.51. The van der Waals surface area contributed by atoms with E-state index < -0.39 is 0 Å². The fourth-order valence-corrected chi connectivity index (χ4v) is 15.4. The van der Waals surface area contributed by atoms with Crippen LogP contribution in [0.25, 0.3) is 175 Å². The Morgan fingerprint density at radius 1 is 0.148 bits per heavy atom. The van der Waals surface area contributed by atoms with Crippen LogP contribution in [-0.4, -0.2) is 0 Å². The van der Waals surface area contributed by atoms with E-state index >= 15 is 0 Å². The molecule has 2 heterocycles. The lowest BCUT2D eigenvalue weighted by molar-refractivity contribution is 0.487. The van der Waals surface area contributed by atoms with Gasteiger partial charge in [0.1, 0.15) is 23.0 Å². The monoisotopic (exact) mass is 1110 g/mol. The van der Waals surface area contributed by atoms with Crippen LogP contribution in [0.3, 0.4) is 0 Å². The summed E-state index contributed by atoms with van der Waals surface area (Å²) in [6.45, 7) is 0. The van der Waals surface area contributed by atoms with Crippen LogP contribution >= 0.6 is 0 Å². The standard InChI is InChI=1S/C86H50O2/c1-3-21-51(22-4-1)79-62-28-9-11-30-64(62)80(65-31-12-10-29-63(65)79)54-42-43-58-71-46-45-55(59-38-20-40-76(83(59)71)88-78(58)50-54)53-41-44-73-74(49-53)56-25-7-8-27-60(56)86(81(73)52-23-5-2-6-24-52)85-69-34-15-13-32-66(69)82(67-33-14-16-35-70(67)85)72-47-48-77-84-61(36-19-37-68(72)84)57-26-17-18-39-75(57)87-77/h1-50H. The first kappa shape index (κ1) is 48.8. The van der Waals surface area contributed by atoms with Gasteiger partial charge < -0.3 is 9.47 Å². The molecule has 0 amide bonds. The second-order valence-electron chi connectivity index (χ2n) is 23.6. The van der Waals surface area contributed by atoms with Gasteiger partial charge in [-0.25, -0.2) is 0 Å². The third-order valence-corrected chi connectivity index (χ3v) is 19.0. The maximum Gasteiger partial charge on any atom is 0.135 e. The fourth-order valence-electron chi connectivity index (χ4n) is 15.4. The molecule has 0 bridgehead atoms. The van der Waals surface area contributed by atoms with Gasteiger partial charge in [0.05, 0.1) is 0 Å². The van der Waals surface area contributed by atoms with Crippen molar-refractivity contribution in [1.29, 1.82) is 0 Å². The van der Waals surface area contributed by atoms with E-state index in [0.29, 0.717) is 0 Å². The highest BCUT2D eigenvalue weighted by atomic mass is 16.5. The first-order valence-corrected chi connectivity index (χ1v) is 30.4. The molecule has 0 fully saturated rings. The van der Waals surface area contributed by atoms with E-state index in [4.69, 9.17) is 9.47 Å². The minimum atomic E-state index is 0.861. The number of benzene rings is 17. The lowest BCUT2D eigenvalue weighted by Crippen LogP contribution is -1.99. The van der Waals surface area contributed by atoms with Gasteiger partial charge in [0, 0.05) is 21.9 Å². The molecule has 0 atom stereocenters. The zero-order chi connectivity index (χ0) is 57.6. The van der Waals surface area contributed by atoms with Gasteiger partial charge in [-0.3, -0.25) is 0 Å². The summed E-state index contributed by atoms with van der Waals surface area (Å²) in [4.78, 5) is 0. The maximum absolute atomic E-state index is 7.10. The van der Waals surface area contributed by atoms with Gasteiger partial charge in [-0.15, -0.1) is 0 Å². The number of rotatable bonds is 6. The van der Waals surface area contributed by atoms with Crippen molar-refractivity contribution in [2.24, 2.45) is 0 Å². The summed E-state index contributed by atoms with van der Waals surface area (Å²) in [5.41, 5.74) is 19.0. The summed E-state index contributed by atoms with van der Waals surface area (Å²) < 4.78 is 13.7. The van der Waals surface area contributed by atoms with Crippen LogP contribution in [-0.2, 0) is 0 Å². The van der Waals surface area contributed by atoms with Gasteiger partial charge in [-0.1, -0.05) is 261 Å². The molecule has 0 saturated carbocycles. The van der Waals surface area contributed by atoms with Gasteiger partial charge >= 0.3 is 0 Å². The Morgan fingerprint density at radius 2 is 0.534 bits per heavy atom. The number of hydrogen-bond acceptors (Lipinski definition) is 2. The van der Waals surface area contributed by atoms with Crippen LogP contribution < -0.4 is 9.47 Å². The minimum absolute atomic E-state index is 0.861. The zero-order valence-corrected chi connectivity index (χ0v) is 47.7. The van der Waals surface area contributed by atoms with E-state index in [-0.39, 0.29) is 0 Å². The lowest BCUT2D eigenvalue weighted by atomic mass is 9.79. The molecule has 0 unspecified atom stereocenters. The van der Waals surface area contributed by atoms with Crippen LogP contribution in [0.4, 0.5) is 0 Å². The molecule has 17 aromatic carbocycles. The molecular weight excluding hydrogens is 1060 g/mol. The van der Waals surface area contributed by atoms with Gasteiger partial charge in [-0.05, 0) is 196 Å². The Labute approximate surface area is 508 Å². The highest BCUT2D eigenvalue weighted by Crippen LogP contribution is 2.56. The highest BCUT2D eigenvalue weighted by molar-refractivity contribution is 6.31. The molecule has 2 aliphatic heterocycles. The minimum Gasteiger partial charge on any atom is -0.456 e. The second kappa shape index (κ2) is 19.0. The number of hydrogen-bond donors (Lipinski definition) is 0. The average molecular weight is 1120 g/mol. The topological polar surface area (TPSA) is 18.5 Å². The van der Waals surface area contributed by atoms with Crippen LogP contribution in [0, 0.1) is 0 Å². The van der Waals surface area contributed by atoms with Crippen LogP contribution in [0.15, 0.2) is 303 Å². The molecule has 0 N–H and O–H groups in total. The van der Waals surface area contributed by atoms with Gasteiger partial charge in [0.15, 0.2) is 0 Å². The quantitative estimate of drug-likeness (QED) is 0.122. The van der Waals surface area contributed by atoms with Crippen molar-refractivity contribution in [3.8, 4) is 112 Å². The second-order valence-corrected chi connectivity index (χ2v) is 23.6. The molecule has 0 aromatic heterocycles. The van der Waals surface area contributed by atoms with Crippen molar-refractivity contribution < 1.29 is 9.47 Å². The Balaban J connectivity index is 0.789. The first-order chi connectivity index (χ1) is 43.7. The molecule has 19 rings (SSSR count). The fraction of sp³-hybridized carbons (Fsp3) is 0. The van der Waals surface area contributed by atoms with Crippen molar-refractivity contribution in [2.45, 2.75) is 0 Å². The molecule has 0 saturated heterocycles. The Kier molecular flexibility index (Phi) is 10.5. The molecule has 2 nitrogen and oxygen atoms in total. The summed E-state index contributed by atoms with van der Waals surface area (Å²) in [6.07, 6.45) is 0. The van der Waals surface area contributed by atoms with E-state index in [1.807, 2.05) is 6.07 Å². The Hall–Kier alpha value is -11.6. The molecule has 0 spiro atoms. The van der Waals surface area contributed by atoms with Crippen LogP contribution in [0.5, 0.6) is 23.0 Å². The number of fused-ring (bicyclic) bond motifs is 11. The third-order valence-electron chi connectivity index (χ3n) is 19.0. The lowest BCUT2D eigenvalue weighted by Gasteiger charge is -2.25. The molecule has 88 heavy (non-hydrogen) atoms. The average Bonchev–Trinajstić information content (AvgIpc) is 0.823. The van der Waals surface area contributed by atoms with Crippen molar-refractivity contribution in [2.75, 3.05) is 0 Å². The SMILES string of the molecule is c1ccc(-c2c3ccccc3c(-c3ccc4c(c3)Oc3cccc5c(-c6ccc7c(-c8ccccc8)c(-c8c9ccccc9c(-c9ccc%10c%11c(cccc9%11)-c9ccccc9O%10)c9ccccc89)c8ccccc8c7c6)ccc-4c35)c3ccccc23)cc1. The Bertz CT molecular complexity index is 5740. The van der Waals surface area contributed by atoms with Gasteiger partial charge in [0.25, 0.3) is 0 Å². The van der Waals surface area contributed by atoms with Crippen LogP contribution in [0.1, 0.15) is 0 Å². The molecule has 0 radical (unpaired) electrons. The summed E-state index contributed by atoms with van der Waals surface area (Å²) in [5, 5.41) is 19.2. The summed E-state index contributed by atoms with van der Waals surface area (Å²) in [7, 11) is 0. The molecule has 2 aliphatic rings. The smallest absolute Gasteiger partial charge is 0.135 e. The Morgan fingerprint density at radius 3 is 1.18 bits per heavy atom. The molecule has 2 heteroatoms. The van der Waals surface area contributed by atoms with E-state index in [0.717, 1.165) is 61.4 Å². The predicted molar refractivity (Wildman–Crippen MR) is 370 cm³/mol. The normalized spacial score (nSPS) is 12.3. The van der Waals surface area contributed by atoms with E-state index in [1.54, 1.807) is 0 Å². The van der Waals surface area contributed by atoms with E-state index in [9.17, 15) is 0 Å². The van der Waals surface area contributed by atoms with Crippen LogP contribution in [0.2, 0.25) is 0 Å². The van der Waals surface area contributed by atoms with Gasteiger partial charge in [0.2, 0.25) is 0 Å². The van der Waals surface area contributed by atoms with Crippen molar-refractivity contribution in [3.05, 3.63) is 303 Å². The van der Waals surface area contributed by atoms with E-state index in [2.05, 4.69) is 297 Å². The zero-order valence-electron chi connectivity index (χ0n) is 47.7.